The largest absolute Gasteiger partial charge is 0.494 e. The van der Waals surface area contributed by atoms with Crippen LogP contribution in [-0.4, -0.2) is 12.8 Å². The molecule has 0 saturated carbocycles. The topological polar surface area (TPSA) is 21.6 Å². The first kappa shape index (κ1) is 17.7. The van der Waals surface area contributed by atoms with Gasteiger partial charge < -0.3 is 4.74 Å². The first-order valence-electron chi connectivity index (χ1n) is 8.16. The fourth-order valence-electron chi connectivity index (χ4n) is 2.61. The van der Waals surface area contributed by atoms with Gasteiger partial charge in [-0.25, -0.2) is 4.99 Å². The van der Waals surface area contributed by atoms with Crippen LogP contribution in [0.25, 0.3) is 6.08 Å². The summed E-state index contributed by atoms with van der Waals surface area (Å²) in [5.41, 5.74) is 6.54. The molecule has 0 heterocycles. The number of hydrogen-bond donors (Lipinski definition) is 0. The van der Waals surface area contributed by atoms with Crippen LogP contribution in [0.1, 0.15) is 36.1 Å². The molecular formula is C22H25NO. The minimum Gasteiger partial charge on any atom is -0.494 e. The van der Waals surface area contributed by atoms with E-state index in [1.807, 2.05) is 26.0 Å². The predicted octanol–water partition coefficient (Wildman–Crippen LogP) is 5.91. The fourth-order valence-corrected chi connectivity index (χ4v) is 2.61. The zero-order valence-corrected chi connectivity index (χ0v) is 15.0. The Labute approximate surface area is 145 Å². The summed E-state index contributed by atoms with van der Waals surface area (Å²) in [6.45, 7) is 9.95. The van der Waals surface area contributed by atoms with Crippen LogP contribution in [-0.2, 0) is 6.42 Å². The van der Waals surface area contributed by atoms with Gasteiger partial charge in [-0.05, 0) is 61.6 Å². The summed E-state index contributed by atoms with van der Waals surface area (Å²) in [6.07, 6.45) is 6.86. The standard InChI is InChI=1S/C22H25NO/c1-6-8-18-10-12-19(13-11-18)17(4)23-21-14-16(3)20(9-7-2)15-22(21)24-5/h6-8,10-15H,2,9H2,1,3-5H3. The Morgan fingerprint density at radius 2 is 1.92 bits per heavy atom. The fraction of sp³-hybridized carbons (Fsp3) is 0.227. The van der Waals surface area contributed by atoms with Gasteiger partial charge in [0.05, 0.1) is 7.11 Å². The van der Waals surface area contributed by atoms with Gasteiger partial charge >= 0.3 is 0 Å². The van der Waals surface area contributed by atoms with Gasteiger partial charge in [0, 0.05) is 5.71 Å². The average molecular weight is 319 g/mol. The van der Waals surface area contributed by atoms with Crippen molar-refractivity contribution < 1.29 is 4.74 Å². The van der Waals surface area contributed by atoms with E-state index in [2.05, 4.69) is 56.0 Å². The number of hydrogen-bond acceptors (Lipinski definition) is 2. The average Bonchev–Trinajstić information content (AvgIpc) is 2.58. The monoisotopic (exact) mass is 319 g/mol. The molecule has 2 aromatic carbocycles. The minimum absolute atomic E-state index is 0.794. The Balaban J connectivity index is 2.38. The molecule has 2 heteroatoms. The number of benzene rings is 2. The van der Waals surface area contributed by atoms with E-state index in [4.69, 9.17) is 9.73 Å². The molecule has 2 nitrogen and oxygen atoms in total. The molecule has 0 saturated heterocycles. The van der Waals surface area contributed by atoms with Crippen LogP contribution in [0.2, 0.25) is 0 Å². The summed E-state index contributed by atoms with van der Waals surface area (Å²) in [6, 6.07) is 12.5. The van der Waals surface area contributed by atoms with E-state index in [9.17, 15) is 0 Å². The predicted molar refractivity (Wildman–Crippen MR) is 105 cm³/mol. The van der Waals surface area contributed by atoms with Gasteiger partial charge in [0.25, 0.3) is 0 Å². The number of methoxy groups -OCH3 is 1. The summed E-state index contributed by atoms with van der Waals surface area (Å²) >= 11 is 0. The Morgan fingerprint density at radius 1 is 1.21 bits per heavy atom. The van der Waals surface area contributed by atoms with E-state index in [0.29, 0.717) is 0 Å². The molecule has 0 unspecified atom stereocenters. The van der Waals surface area contributed by atoms with E-state index in [-0.39, 0.29) is 0 Å². The number of aliphatic imine (C=N–C) groups is 1. The molecule has 0 spiro atoms. The van der Waals surface area contributed by atoms with E-state index >= 15 is 0 Å². The van der Waals surface area contributed by atoms with Crippen LogP contribution < -0.4 is 4.74 Å². The lowest BCUT2D eigenvalue weighted by molar-refractivity contribution is 0.415. The van der Waals surface area contributed by atoms with E-state index in [1.165, 1.54) is 16.7 Å². The van der Waals surface area contributed by atoms with Crippen LogP contribution >= 0.6 is 0 Å². The normalized spacial score (nSPS) is 11.8. The van der Waals surface area contributed by atoms with Crippen LogP contribution in [0.15, 0.2) is 60.1 Å². The quantitative estimate of drug-likeness (QED) is 0.479. The summed E-state index contributed by atoms with van der Waals surface area (Å²) in [5.74, 6) is 0.794. The summed E-state index contributed by atoms with van der Waals surface area (Å²) < 4.78 is 5.52. The van der Waals surface area contributed by atoms with Crippen molar-refractivity contribution >= 4 is 17.5 Å². The molecule has 0 fully saturated rings. The molecular weight excluding hydrogens is 294 g/mol. The van der Waals surface area contributed by atoms with Gasteiger partial charge in [-0.3, -0.25) is 0 Å². The summed E-state index contributed by atoms with van der Waals surface area (Å²) in [4.78, 5) is 4.79. The third-order valence-electron chi connectivity index (χ3n) is 3.98. The Hall–Kier alpha value is -2.61. The highest BCUT2D eigenvalue weighted by Crippen LogP contribution is 2.32. The smallest absolute Gasteiger partial charge is 0.144 e. The van der Waals surface area contributed by atoms with Crippen molar-refractivity contribution in [2.24, 2.45) is 4.99 Å². The lowest BCUT2D eigenvalue weighted by Crippen LogP contribution is -1.96. The van der Waals surface area contributed by atoms with Gasteiger partial charge in [0.15, 0.2) is 0 Å². The van der Waals surface area contributed by atoms with Crippen molar-refractivity contribution in [1.82, 2.24) is 0 Å². The molecule has 0 aliphatic rings. The highest BCUT2D eigenvalue weighted by molar-refractivity contribution is 6.00. The number of ether oxygens (including phenoxy) is 1. The van der Waals surface area contributed by atoms with Crippen molar-refractivity contribution in [2.75, 3.05) is 7.11 Å². The van der Waals surface area contributed by atoms with Gasteiger partial charge in [0.1, 0.15) is 11.4 Å². The van der Waals surface area contributed by atoms with Crippen LogP contribution in [0.5, 0.6) is 5.75 Å². The molecule has 0 aliphatic carbocycles. The Bertz CT molecular complexity index is 767. The van der Waals surface area contributed by atoms with Crippen molar-refractivity contribution in [2.45, 2.75) is 27.2 Å². The summed E-state index contributed by atoms with van der Waals surface area (Å²) in [5, 5.41) is 0. The maximum Gasteiger partial charge on any atom is 0.144 e. The second-order valence-corrected chi connectivity index (χ2v) is 5.76. The van der Waals surface area contributed by atoms with Gasteiger partial charge in [-0.1, -0.05) is 42.5 Å². The second kappa shape index (κ2) is 8.30. The van der Waals surface area contributed by atoms with Gasteiger partial charge in [-0.15, -0.1) is 6.58 Å². The lowest BCUT2D eigenvalue weighted by atomic mass is 10.0. The van der Waals surface area contributed by atoms with Crippen molar-refractivity contribution in [3.8, 4) is 5.75 Å². The van der Waals surface area contributed by atoms with Crippen LogP contribution in [0.3, 0.4) is 0 Å². The molecule has 0 radical (unpaired) electrons. The Morgan fingerprint density at radius 3 is 2.50 bits per heavy atom. The molecule has 0 aromatic heterocycles. The first-order valence-corrected chi connectivity index (χ1v) is 8.16. The third-order valence-corrected chi connectivity index (χ3v) is 3.98. The van der Waals surface area contributed by atoms with Crippen molar-refractivity contribution in [3.05, 3.63) is 77.4 Å². The lowest BCUT2D eigenvalue weighted by Gasteiger charge is -2.11. The van der Waals surface area contributed by atoms with E-state index < -0.39 is 0 Å². The molecule has 0 bridgehead atoms. The molecule has 0 aliphatic heterocycles. The highest BCUT2D eigenvalue weighted by atomic mass is 16.5. The zero-order valence-electron chi connectivity index (χ0n) is 15.0. The van der Waals surface area contributed by atoms with Crippen molar-refractivity contribution in [1.29, 1.82) is 0 Å². The van der Waals surface area contributed by atoms with E-state index in [0.717, 1.165) is 29.1 Å². The molecule has 0 atom stereocenters. The zero-order chi connectivity index (χ0) is 17.5. The van der Waals surface area contributed by atoms with Crippen LogP contribution in [0, 0.1) is 6.92 Å². The molecule has 0 N–H and O–H groups in total. The number of allylic oxidation sites excluding steroid dienone is 2. The first-order chi connectivity index (χ1) is 11.6. The molecule has 124 valence electrons. The minimum atomic E-state index is 0.794. The number of nitrogens with zero attached hydrogens (tertiary/aromatic N) is 1. The SMILES string of the molecule is C=CCc1cc(OC)c(N=C(C)c2ccc(C=CC)cc2)cc1C. The van der Waals surface area contributed by atoms with Crippen LogP contribution in [0.4, 0.5) is 5.69 Å². The molecule has 24 heavy (non-hydrogen) atoms. The highest BCUT2D eigenvalue weighted by Gasteiger charge is 2.08. The number of rotatable bonds is 6. The maximum absolute atomic E-state index is 5.52. The van der Waals surface area contributed by atoms with Gasteiger partial charge in [0.2, 0.25) is 0 Å². The Kier molecular flexibility index (Phi) is 6.14. The van der Waals surface area contributed by atoms with Gasteiger partial charge in [-0.2, -0.15) is 0 Å². The maximum atomic E-state index is 5.52. The number of aryl methyl sites for hydroxylation is 1. The van der Waals surface area contributed by atoms with E-state index in [1.54, 1.807) is 7.11 Å². The second-order valence-electron chi connectivity index (χ2n) is 5.76. The molecule has 0 amide bonds. The summed E-state index contributed by atoms with van der Waals surface area (Å²) in [7, 11) is 1.68. The van der Waals surface area contributed by atoms with Crippen molar-refractivity contribution in [3.63, 3.8) is 0 Å². The molecule has 2 rings (SSSR count). The third kappa shape index (κ3) is 4.23. The molecule has 2 aromatic rings.